The van der Waals surface area contributed by atoms with E-state index in [1.54, 1.807) is 6.07 Å². The zero-order chi connectivity index (χ0) is 14.5. The smallest absolute Gasteiger partial charge is 0.123 e. The van der Waals surface area contributed by atoms with E-state index in [0.717, 1.165) is 30.5 Å². The number of hydrogen-bond acceptors (Lipinski definition) is 2. The lowest BCUT2D eigenvalue weighted by molar-refractivity contribution is 0.525. The van der Waals surface area contributed by atoms with E-state index in [1.807, 2.05) is 37.1 Å². The van der Waals surface area contributed by atoms with E-state index in [2.05, 4.69) is 17.3 Å². The quantitative estimate of drug-likeness (QED) is 0.877. The summed E-state index contributed by atoms with van der Waals surface area (Å²) in [5.74, 6) is -0.179. The van der Waals surface area contributed by atoms with Gasteiger partial charge in [-0.25, -0.2) is 4.39 Å². The number of nitrogens with zero attached hydrogens (tertiary/aromatic N) is 2. The van der Waals surface area contributed by atoms with Gasteiger partial charge in [0.25, 0.3) is 0 Å². The maximum absolute atomic E-state index is 13.3. The van der Waals surface area contributed by atoms with Gasteiger partial charge in [0.2, 0.25) is 0 Å². The molecule has 2 aromatic rings. The van der Waals surface area contributed by atoms with Gasteiger partial charge in [0.15, 0.2) is 0 Å². The van der Waals surface area contributed by atoms with E-state index >= 15 is 0 Å². The van der Waals surface area contributed by atoms with Crippen LogP contribution in [0.3, 0.4) is 0 Å². The van der Waals surface area contributed by atoms with E-state index in [1.165, 1.54) is 11.6 Å². The zero-order valence-corrected chi connectivity index (χ0v) is 12.4. The zero-order valence-electron chi connectivity index (χ0n) is 12.4. The molecule has 1 aromatic carbocycles. The third-order valence-corrected chi connectivity index (χ3v) is 3.45. The minimum Gasteiger partial charge on any atom is -0.310 e. The molecule has 0 amide bonds. The standard InChI is InChI=1S/C16H22FN3/c1-4-7-18-16(9-13-10-19-20(3)11-13)15-6-5-14(17)8-12(15)2/h5-6,8,10-11,16,18H,4,7,9H2,1-3H3. The number of halogens is 1. The van der Waals surface area contributed by atoms with Gasteiger partial charge in [-0.05, 0) is 55.1 Å². The predicted octanol–water partition coefficient (Wildman–Crippen LogP) is 3.15. The van der Waals surface area contributed by atoms with Crippen molar-refractivity contribution in [2.45, 2.75) is 32.7 Å². The van der Waals surface area contributed by atoms with Gasteiger partial charge in [-0.15, -0.1) is 0 Å². The molecule has 0 fully saturated rings. The molecule has 2 rings (SSSR count). The highest BCUT2D eigenvalue weighted by Gasteiger charge is 2.15. The van der Waals surface area contributed by atoms with E-state index in [-0.39, 0.29) is 11.9 Å². The molecule has 0 radical (unpaired) electrons. The Morgan fingerprint density at radius 3 is 2.80 bits per heavy atom. The van der Waals surface area contributed by atoms with Gasteiger partial charge in [-0.1, -0.05) is 13.0 Å². The Bertz CT molecular complexity index is 563. The van der Waals surface area contributed by atoms with Crippen molar-refractivity contribution in [3.8, 4) is 0 Å². The van der Waals surface area contributed by atoms with Crippen LogP contribution in [0.4, 0.5) is 4.39 Å². The molecule has 0 aliphatic rings. The molecule has 0 saturated carbocycles. The van der Waals surface area contributed by atoms with Crippen LogP contribution in [-0.2, 0) is 13.5 Å². The van der Waals surface area contributed by atoms with Crippen molar-refractivity contribution in [1.82, 2.24) is 15.1 Å². The largest absolute Gasteiger partial charge is 0.310 e. The molecule has 108 valence electrons. The highest BCUT2D eigenvalue weighted by Crippen LogP contribution is 2.22. The van der Waals surface area contributed by atoms with Gasteiger partial charge in [-0.2, -0.15) is 5.10 Å². The van der Waals surface area contributed by atoms with Crippen molar-refractivity contribution in [3.05, 3.63) is 53.1 Å². The second-order valence-corrected chi connectivity index (χ2v) is 5.23. The Labute approximate surface area is 119 Å². The number of hydrogen-bond donors (Lipinski definition) is 1. The molecular weight excluding hydrogens is 253 g/mol. The van der Waals surface area contributed by atoms with Crippen LogP contribution in [0, 0.1) is 12.7 Å². The maximum Gasteiger partial charge on any atom is 0.123 e. The number of rotatable bonds is 6. The highest BCUT2D eigenvalue weighted by atomic mass is 19.1. The van der Waals surface area contributed by atoms with Gasteiger partial charge < -0.3 is 5.32 Å². The molecule has 3 nitrogen and oxygen atoms in total. The summed E-state index contributed by atoms with van der Waals surface area (Å²) in [4.78, 5) is 0. The van der Waals surface area contributed by atoms with Crippen molar-refractivity contribution in [3.63, 3.8) is 0 Å². The second-order valence-electron chi connectivity index (χ2n) is 5.23. The second kappa shape index (κ2) is 6.66. The molecule has 1 unspecified atom stereocenters. The van der Waals surface area contributed by atoms with Crippen LogP contribution in [0.5, 0.6) is 0 Å². The Kier molecular flexibility index (Phi) is 4.90. The average Bonchev–Trinajstić information content (AvgIpc) is 2.80. The molecule has 1 N–H and O–H groups in total. The molecule has 20 heavy (non-hydrogen) atoms. The first kappa shape index (κ1) is 14.7. The summed E-state index contributed by atoms with van der Waals surface area (Å²) >= 11 is 0. The lowest BCUT2D eigenvalue weighted by Crippen LogP contribution is -2.24. The predicted molar refractivity (Wildman–Crippen MR) is 79.1 cm³/mol. The number of aryl methyl sites for hydroxylation is 2. The summed E-state index contributed by atoms with van der Waals surface area (Å²) in [7, 11) is 1.92. The average molecular weight is 275 g/mol. The van der Waals surface area contributed by atoms with Crippen LogP contribution >= 0.6 is 0 Å². The molecule has 0 bridgehead atoms. The Morgan fingerprint density at radius 2 is 2.20 bits per heavy atom. The molecule has 1 atom stereocenters. The summed E-state index contributed by atoms with van der Waals surface area (Å²) in [5.41, 5.74) is 3.33. The number of benzene rings is 1. The van der Waals surface area contributed by atoms with Crippen LogP contribution in [-0.4, -0.2) is 16.3 Å². The van der Waals surface area contributed by atoms with Crippen molar-refractivity contribution in [1.29, 1.82) is 0 Å². The molecule has 0 saturated heterocycles. The van der Waals surface area contributed by atoms with Crippen LogP contribution in [0.15, 0.2) is 30.6 Å². The SMILES string of the molecule is CCCNC(Cc1cnn(C)c1)c1ccc(F)cc1C. The van der Waals surface area contributed by atoms with Gasteiger partial charge in [-0.3, -0.25) is 4.68 Å². The third-order valence-electron chi connectivity index (χ3n) is 3.45. The highest BCUT2D eigenvalue weighted by molar-refractivity contribution is 5.30. The molecule has 0 aliphatic carbocycles. The fourth-order valence-corrected chi connectivity index (χ4v) is 2.45. The summed E-state index contributed by atoms with van der Waals surface area (Å²) in [5, 5.41) is 7.75. The first-order valence-electron chi connectivity index (χ1n) is 7.07. The van der Waals surface area contributed by atoms with Crippen LogP contribution in [0.25, 0.3) is 0 Å². The summed E-state index contributed by atoms with van der Waals surface area (Å²) in [6, 6.07) is 5.21. The lowest BCUT2D eigenvalue weighted by atomic mass is 9.96. The van der Waals surface area contributed by atoms with E-state index < -0.39 is 0 Å². The molecule has 1 aromatic heterocycles. The Morgan fingerprint density at radius 1 is 1.40 bits per heavy atom. The molecule has 0 aliphatic heterocycles. The number of nitrogens with one attached hydrogen (secondary N) is 1. The van der Waals surface area contributed by atoms with Crippen molar-refractivity contribution >= 4 is 0 Å². The fourth-order valence-electron chi connectivity index (χ4n) is 2.45. The van der Waals surface area contributed by atoms with Crippen molar-refractivity contribution < 1.29 is 4.39 Å². The van der Waals surface area contributed by atoms with Crippen LogP contribution in [0.2, 0.25) is 0 Å². The first-order chi connectivity index (χ1) is 9.60. The molecule has 0 spiro atoms. The summed E-state index contributed by atoms with van der Waals surface area (Å²) in [6.45, 7) is 5.05. The summed E-state index contributed by atoms with van der Waals surface area (Å²) in [6.07, 6.45) is 5.85. The van der Waals surface area contributed by atoms with E-state index in [9.17, 15) is 4.39 Å². The lowest BCUT2D eigenvalue weighted by Gasteiger charge is -2.20. The maximum atomic E-state index is 13.3. The molecule has 1 heterocycles. The Balaban J connectivity index is 2.22. The first-order valence-corrected chi connectivity index (χ1v) is 7.07. The van der Waals surface area contributed by atoms with Crippen molar-refractivity contribution in [2.24, 2.45) is 7.05 Å². The Hall–Kier alpha value is -1.68. The van der Waals surface area contributed by atoms with Crippen molar-refractivity contribution in [2.75, 3.05) is 6.54 Å². The normalized spacial score (nSPS) is 12.6. The number of aromatic nitrogens is 2. The van der Waals surface area contributed by atoms with E-state index in [4.69, 9.17) is 0 Å². The fraction of sp³-hybridized carbons (Fsp3) is 0.438. The third kappa shape index (κ3) is 3.67. The van der Waals surface area contributed by atoms with Gasteiger partial charge >= 0.3 is 0 Å². The topological polar surface area (TPSA) is 29.9 Å². The van der Waals surface area contributed by atoms with Crippen LogP contribution in [0.1, 0.15) is 36.1 Å². The minimum absolute atomic E-state index is 0.179. The molecular formula is C16H22FN3. The van der Waals surface area contributed by atoms with Gasteiger partial charge in [0, 0.05) is 19.3 Å². The summed E-state index contributed by atoms with van der Waals surface area (Å²) < 4.78 is 15.1. The minimum atomic E-state index is -0.179. The monoisotopic (exact) mass is 275 g/mol. The molecule has 4 heteroatoms. The van der Waals surface area contributed by atoms with Gasteiger partial charge in [0.1, 0.15) is 5.82 Å². The van der Waals surface area contributed by atoms with Gasteiger partial charge in [0.05, 0.1) is 6.20 Å². The van der Waals surface area contributed by atoms with Crippen LogP contribution < -0.4 is 5.32 Å². The van der Waals surface area contributed by atoms with E-state index in [0.29, 0.717) is 0 Å².